The molecule has 0 bridgehead atoms. The summed E-state index contributed by atoms with van der Waals surface area (Å²) in [5.41, 5.74) is 2.68. The van der Waals surface area contributed by atoms with Crippen molar-refractivity contribution in [2.75, 3.05) is 19.7 Å². The van der Waals surface area contributed by atoms with Crippen molar-refractivity contribution < 1.29 is 9.53 Å². The lowest BCUT2D eigenvalue weighted by Gasteiger charge is -2.25. The molecule has 1 atom stereocenters. The first-order valence-corrected chi connectivity index (χ1v) is 6.54. The molecule has 3 nitrogen and oxygen atoms in total. The Labute approximate surface area is 114 Å². The van der Waals surface area contributed by atoms with Crippen molar-refractivity contribution >= 4 is 5.91 Å². The monoisotopic (exact) mass is 259 g/mol. The molecule has 2 rings (SSSR count). The minimum atomic E-state index is -0.171. The molecule has 0 aromatic heterocycles. The van der Waals surface area contributed by atoms with E-state index in [0.29, 0.717) is 13.1 Å². The molecule has 19 heavy (non-hydrogen) atoms. The molecule has 0 spiro atoms. The summed E-state index contributed by atoms with van der Waals surface area (Å²) in [6.07, 6.45) is 0. The average Bonchev–Trinajstić information content (AvgIpc) is 3.06. The molecule has 0 radical (unpaired) electrons. The van der Waals surface area contributed by atoms with Crippen LogP contribution in [0.3, 0.4) is 0 Å². The molecule has 0 saturated carbocycles. The summed E-state index contributed by atoms with van der Waals surface area (Å²) in [5.74, 6) is 0.0414. The van der Waals surface area contributed by atoms with Gasteiger partial charge in [-0.2, -0.15) is 0 Å². The number of benzene rings is 1. The summed E-state index contributed by atoms with van der Waals surface area (Å²) in [6.45, 7) is 11.8. The Bertz CT molecular complexity index is 486. The van der Waals surface area contributed by atoms with Gasteiger partial charge in [0, 0.05) is 12.1 Å². The lowest BCUT2D eigenvalue weighted by Crippen LogP contribution is -2.39. The summed E-state index contributed by atoms with van der Waals surface area (Å²) >= 11 is 0. The predicted molar refractivity (Wildman–Crippen MR) is 76.3 cm³/mol. The number of carbonyl (C=O) groups is 1. The Morgan fingerprint density at radius 1 is 1.42 bits per heavy atom. The van der Waals surface area contributed by atoms with Crippen LogP contribution in [0, 0.1) is 6.92 Å². The SMILES string of the molecule is C=C(C)CN(CC1(C)CO1)C(=O)c1ccc(C)cc1. The molecular weight excluding hydrogens is 238 g/mol. The van der Waals surface area contributed by atoms with Crippen LogP contribution in [0.2, 0.25) is 0 Å². The van der Waals surface area contributed by atoms with Gasteiger partial charge in [-0.1, -0.05) is 29.8 Å². The highest BCUT2D eigenvalue weighted by atomic mass is 16.6. The van der Waals surface area contributed by atoms with E-state index < -0.39 is 0 Å². The van der Waals surface area contributed by atoms with Crippen LogP contribution >= 0.6 is 0 Å². The minimum absolute atomic E-state index is 0.0414. The van der Waals surface area contributed by atoms with E-state index in [4.69, 9.17) is 4.74 Å². The molecule has 1 saturated heterocycles. The molecule has 1 fully saturated rings. The van der Waals surface area contributed by atoms with Gasteiger partial charge in [-0.25, -0.2) is 0 Å². The van der Waals surface area contributed by atoms with Crippen molar-refractivity contribution in [3.63, 3.8) is 0 Å². The van der Waals surface area contributed by atoms with Crippen LogP contribution in [0.5, 0.6) is 0 Å². The number of amides is 1. The summed E-state index contributed by atoms with van der Waals surface area (Å²) in [5, 5.41) is 0. The van der Waals surface area contributed by atoms with Gasteiger partial charge in [0.15, 0.2) is 0 Å². The zero-order valence-electron chi connectivity index (χ0n) is 11.9. The highest BCUT2D eigenvalue weighted by molar-refractivity contribution is 5.94. The van der Waals surface area contributed by atoms with E-state index in [1.165, 1.54) is 0 Å². The second-order valence-electron chi connectivity index (χ2n) is 5.72. The molecule has 102 valence electrons. The lowest BCUT2D eigenvalue weighted by atomic mass is 10.1. The highest BCUT2D eigenvalue weighted by Crippen LogP contribution is 2.27. The van der Waals surface area contributed by atoms with Crippen molar-refractivity contribution in [2.45, 2.75) is 26.4 Å². The molecule has 3 heteroatoms. The quantitative estimate of drug-likeness (QED) is 0.601. The van der Waals surface area contributed by atoms with Crippen LogP contribution < -0.4 is 0 Å². The maximum Gasteiger partial charge on any atom is 0.254 e. The fraction of sp³-hybridized carbons (Fsp3) is 0.438. The largest absolute Gasteiger partial charge is 0.368 e. The van der Waals surface area contributed by atoms with Gasteiger partial charge in [0.05, 0.1) is 13.2 Å². The van der Waals surface area contributed by atoms with Gasteiger partial charge in [0.25, 0.3) is 5.91 Å². The average molecular weight is 259 g/mol. The second-order valence-corrected chi connectivity index (χ2v) is 5.72. The van der Waals surface area contributed by atoms with Gasteiger partial charge in [-0.3, -0.25) is 4.79 Å². The van der Waals surface area contributed by atoms with Gasteiger partial charge in [-0.05, 0) is 32.9 Å². The van der Waals surface area contributed by atoms with E-state index in [-0.39, 0.29) is 11.5 Å². The Kier molecular flexibility index (Phi) is 3.76. The van der Waals surface area contributed by atoms with E-state index >= 15 is 0 Å². The van der Waals surface area contributed by atoms with Crippen molar-refractivity contribution in [3.05, 3.63) is 47.5 Å². The van der Waals surface area contributed by atoms with Crippen molar-refractivity contribution in [1.82, 2.24) is 4.90 Å². The molecule has 1 unspecified atom stereocenters. The molecule has 1 aromatic carbocycles. The number of aryl methyl sites for hydroxylation is 1. The highest BCUT2D eigenvalue weighted by Gasteiger charge is 2.41. The molecule has 0 aliphatic carbocycles. The Balaban J connectivity index is 2.14. The first-order chi connectivity index (χ1) is 8.89. The molecule has 1 amide bonds. The third-order valence-electron chi connectivity index (χ3n) is 3.21. The van der Waals surface area contributed by atoms with E-state index in [1.807, 2.05) is 49.9 Å². The van der Waals surface area contributed by atoms with E-state index in [9.17, 15) is 4.79 Å². The van der Waals surface area contributed by atoms with E-state index in [1.54, 1.807) is 0 Å². The fourth-order valence-corrected chi connectivity index (χ4v) is 2.02. The number of rotatable bonds is 5. The van der Waals surface area contributed by atoms with Gasteiger partial charge in [0.2, 0.25) is 0 Å². The molecule has 1 aromatic rings. The maximum absolute atomic E-state index is 12.5. The van der Waals surface area contributed by atoms with Gasteiger partial charge >= 0.3 is 0 Å². The van der Waals surface area contributed by atoms with Crippen LogP contribution in [0.1, 0.15) is 29.8 Å². The number of carbonyl (C=O) groups excluding carboxylic acids is 1. The first kappa shape index (κ1) is 13.8. The van der Waals surface area contributed by atoms with E-state index in [2.05, 4.69) is 6.58 Å². The first-order valence-electron chi connectivity index (χ1n) is 6.54. The van der Waals surface area contributed by atoms with Gasteiger partial charge in [0.1, 0.15) is 5.60 Å². The molecular formula is C16H21NO2. The van der Waals surface area contributed by atoms with Crippen LogP contribution in [-0.2, 0) is 4.74 Å². The van der Waals surface area contributed by atoms with Crippen LogP contribution in [0.15, 0.2) is 36.4 Å². The Morgan fingerprint density at radius 3 is 2.47 bits per heavy atom. The van der Waals surface area contributed by atoms with E-state index in [0.717, 1.165) is 23.3 Å². The normalized spacial score (nSPS) is 21.0. The number of epoxide rings is 1. The zero-order chi connectivity index (χ0) is 14.0. The van der Waals surface area contributed by atoms with Crippen molar-refractivity contribution in [2.24, 2.45) is 0 Å². The Hall–Kier alpha value is -1.61. The molecule has 1 aliphatic rings. The number of hydrogen-bond donors (Lipinski definition) is 0. The number of ether oxygens (including phenoxy) is 1. The van der Waals surface area contributed by atoms with Crippen LogP contribution in [0.4, 0.5) is 0 Å². The van der Waals surface area contributed by atoms with Crippen molar-refractivity contribution in [3.8, 4) is 0 Å². The summed E-state index contributed by atoms with van der Waals surface area (Å²) in [6, 6.07) is 7.67. The fourth-order valence-electron chi connectivity index (χ4n) is 2.02. The predicted octanol–water partition coefficient (Wildman–Crippen LogP) is 2.80. The molecule has 0 N–H and O–H groups in total. The smallest absolute Gasteiger partial charge is 0.254 e. The van der Waals surface area contributed by atoms with Crippen LogP contribution in [-0.4, -0.2) is 36.1 Å². The minimum Gasteiger partial charge on any atom is -0.368 e. The molecule has 1 aliphatic heterocycles. The van der Waals surface area contributed by atoms with Gasteiger partial charge < -0.3 is 9.64 Å². The van der Waals surface area contributed by atoms with Crippen LogP contribution in [0.25, 0.3) is 0 Å². The second kappa shape index (κ2) is 5.17. The summed E-state index contributed by atoms with van der Waals surface area (Å²) in [4.78, 5) is 14.3. The lowest BCUT2D eigenvalue weighted by molar-refractivity contribution is 0.0730. The van der Waals surface area contributed by atoms with Crippen molar-refractivity contribution in [1.29, 1.82) is 0 Å². The number of hydrogen-bond acceptors (Lipinski definition) is 2. The maximum atomic E-state index is 12.5. The third-order valence-corrected chi connectivity index (χ3v) is 3.21. The van der Waals surface area contributed by atoms with Gasteiger partial charge in [-0.15, -0.1) is 0 Å². The zero-order valence-corrected chi connectivity index (χ0v) is 11.9. The summed E-state index contributed by atoms with van der Waals surface area (Å²) < 4.78 is 5.39. The standard InChI is InChI=1S/C16H21NO2/c1-12(2)9-17(10-16(4)11-19-16)15(18)14-7-5-13(3)6-8-14/h5-8H,1,9-11H2,2-4H3. The number of nitrogens with zero attached hydrogens (tertiary/aromatic N) is 1. The summed E-state index contributed by atoms with van der Waals surface area (Å²) in [7, 11) is 0. The molecule has 1 heterocycles. The topological polar surface area (TPSA) is 32.8 Å². The third kappa shape index (κ3) is 3.67. The Morgan fingerprint density at radius 2 is 2.00 bits per heavy atom.